The van der Waals surface area contributed by atoms with E-state index < -0.39 is 0 Å². The van der Waals surface area contributed by atoms with Gasteiger partial charge < -0.3 is 15.2 Å². The van der Waals surface area contributed by atoms with Crippen LogP contribution in [0.4, 0.5) is 0 Å². The SMILES string of the molecule is CCCNC(=S)N1CCN(Cc2nc3sc(C)c(C)c3c(=O)[nH]2)CC1. The molecule has 25 heavy (non-hydrogen) atoms. The van der Waals surface area contributed by atoms with Gasteiger partial charge >= 0.3 is 0 Å². The number of hydrogen-bond donors (Lipinski definition) is 2. The van der Waals surface area contributed by atoms with Gasteiger partial charge in [0, 0.05) is 37.6 Å². The molecule has 0 aromatic carbocycles. The van der Waals surface area contributed by atoms with Gasteiger partial charge in [-0.2, -0.15) is 0 Å². The van der Waals surface area contributed by atoms with E-state index in [1.54, 1.807) is 11.3 Å². The van der Waals surface area contributed by atoms with Gasteiger partial charge in [0.15, 0.2) is 5.11 Å². The quantitative estimate of drug-likeness (QED) is 0.793. The molecule has 8 heteroatoms. The van der Waals surface area contributed by atoms with Crippen molar-refractivity contribution in [3.05, 3.63) is 26.6 Å². The van der Waals surface area contributed by atoms with Crippen LogP contribution in [0.2, 0.25) is 0 Å². The molecule has 2 aromatic heterocycles. The molecule has 0 bridgehead atoms. The highest BCUT2D eigenvalue weighted by Gasteiger charge is 2.20. The van der Waals surface area contributed by atoms with Crippen LogP contribution in [0.25, 0.3) is 10.2 Å². The van der Waals surface area contributed by atoms with Crippen LogP contribution in [0.1, 0.15) is 29.6 Å². The van der Waals surface area contributed by atoms with Crippen molar-refractivity contribution in [1.29, 1.82) is 0 Å². The number of piperazine rings is 1. The zero-order valence-corrected chi connectivity index (χ0v) is 16.6. The van der Waals surface area contributed by atoms with Crippen LogP contribution in [-0.4, -0.2) is 57.6 Å². The van der Waals surface area contributed by atoms with E-state index in [1.165, 1.54) is 0 Å². The average molecular weight is 380 g/mol. The Bertz CT molecular complexity index is 820. The number of hydrogen-bond acceptors (Lipinski definition) is 5. The van der Waals surface area contributed by atoms with Crippen LogP contribution in [0, 0.1) is 13.8 Å². The standard InChI is InChI=1S/C17H25N5OS2/c1-4-5-18-17(24)22-8-6-21(7-9-22)10-13-19-15(23)14-11(2)12(3)25-16(14)20-13/h4-10H2,1-3H3,(H,18,24)(H,19,20,23). The maximum atomic E-state index is 12.4. The molecule has 1 saturated heterocycles. The number of nitrogens with one attached hydrogen (secondary N) is 2. The van der Waals surface area contributed by atoms with Crippen LogP contribution in [0.3, 0.4) is 0 Å². The third-order valence-corrected chi connectivity index (χ3v) is 6.15. The van der Waals surface area contributed by atoms with E-state index in [0.29, 0.717) is 6.54 Å². The summed E-state index contributed by atoms with van der Waals surface area (Å²) >= 11 is 7.03. The summed E-state index contributed by atoms with van der Waals surface area (Å²) in [6.07, 6.45) is 1.07. The van der Waals surface area contributed by atoms with E-state index in [0.717, 1.165) is 70.7 Å². The van der Waals surface area contributed by atoms with Gasteiger partial charge in [-0.1, -0.05) is 6.92 Å². The van der Waals surface area contributed by atoms with Crippen LogP contribution in [0.15, 0.2) is 4.79 Å². The van der Waals surface area contributed by atoms with E-state index in [9.17, 15) is 4.79 Å². The molecule has 0 aliphatic carbocycles. The molecule has 0 radical (unpaired) electrons. The van der Waals surface area contributed by atoms with Crippen molar-refractivity contribution >= 4 is 38.9 Å². The second kappa shape index (κ2) is 7.80. The second-order valence-electron chi connectivity index (χ2n) is 6.47. The first-order valence-electron chi connectivity index (χ1n) is 8.73. The Kier molecular flexibility index (Phi) is 5.71. The molecule has 1 aliphatic rings. The first-order valence-corrected chi connectivity index (χ1v) is 9.96. The van der Waals surface area contributed by atoms with Crippen molar-refractivity contribution in [3.63, 3.8) is 0 Å². The van der Waals surface area contributed by atoms with Crippen molar-refractivity contribution in [3.8, 4) is 0 Å². The zero-order valence-electron chi connectivity index (χ0n) is 15.0. The number of thiocarbonyl (C=S) groups is 1. The van der Waals surface area contributed by atoms with E-state index in [-0.39, 0.29) is 5.56 Å². The molecule has 136 valence electrons. The fourth-order valence-corrected chi connectivity index (χ4v) is 4.37. The highest BCUT2D eigenvalue weighted by molar-refractivity contribution is 7.80. The monoisotopic (exact) mass is 379 g/mol. The van der Waals surface area contributed by atoms with Gasteiger partial charge in [-0.05, 0) is 38.0 Å². The van der Waals surface area contributed by atoms with Crippen LogP contribution >= 0.6 is 23.6 Å². The second-order valence-corrected chi connectivity index (χ2v) is 8.06. The summed E-state index contributed by atoms with van der Waals surface area (Å²) in [5.74, 6) is 0.749. The summed E-state index contributed by atoms with van der Waals surface area (Å²) in [7, 11) is 0. The Hall–Kier alpha value is -1.51. The number of H-pyrrole nitrogens is 1. The minimum absolute atomic E-state index is 0.0228. The Morgan fingerprint density at radius 2 is 2.04 bits per heavy atom. The first kappa shape index (κ1) is 18.3. The summed E-state index contributed by atoms with van der Waals surface area (Å²) < 4.78 is 0. The van der Waals surface area contributed by atoms with E-state index in [4.69, 9.17) is 12.2 Å². The van der Waals surface area contributed by atoms with Gasteiger partial charge in [0.25, 0.3) is 5.56 Å². The first-order chi connectivity index (χ1) is 12.0. The lowest BCUT2D eigenvalue weighted by molar-refractivity contribution is 0.171. The fraction of sp³-hybridized carbons (Fsp3) is 0.588. The van der Waals surface area contributed by atoms with Crippen LogP contribution in [0.5, 0.6) is 0 Å². The molecule has 1 fully saturated rings. The average Bonchev–Trinajstić information content (AvgIpc) is 2.88. The smallest absolute Gasteiger partial charge is 0.259 e. The summed E-state index contributed by atoms with van der Waals surface area (Å²) in [6.45, 7) is 11.4. The van der Waals surface area contributed by atoms with Gasteiger partial charge in [0.05, 0.1) is 11.9 Å². The van der Waals surface area contributed by atoms with Crippen molar-refractivity contribution in [1.82, 2.24) is 25.1 Å². The number of thiophene rings is 1. The Labute approximate surface area is 157 Å². The Balaban J connectivity index is 1.63. The number of aromatic nitrogens is 2. The van der Waals surface area contributed by atoms with E-state index in [1.807, 2.05) is 13.8 Å². The number of rotatable bonds is 4. The highest BCUT2D eigenvalue weighted by atomic mass is 32.1. The lowest BCUT2D eigenvalue weighted by Crippen LogP contribution is -2.51. The number of nitrogens with zero attached hydrogens (tertiary/aromatic N) is 3. The molecule has 6 nitrogen and oxygen atoms in total. The summed E-state index contributed by atoms with van der Waals surface area (Å²) in [6, 6.07) is 0. The third kappa shape index (κ3) is 4.02. The van der Waals surface area contributed by atoms with Crippen LogP contribution in [-0.2, 0) is 6.54 Å². The van der Waals surface area contributed by atoms with Crippen LogP contribution < -0.4 is 10.9 Å². The minimum atomic E-state index is -0.0228. The molecular formula is C17H25N5OS2. The maximum Gasteiger partial charge on any atom is 0.259 e. The lowest BCUT2D eigenvalue weighted by atomic mass is 10.2. The van der Waals surface area contributed by atoms with E-state index in [2.05, 4.69) is 32.0 Å². The minimum Gasteiger partial charge on any atom is -0.363 e. The van der Waals surface area contributed by atoms with Crippen molar-refractivity contribution in [2.45, 2.75) is 33.7 Å². The van der Waals surface area contributed by atoms with Gasteiger partial charge in [-0.25, -0.2) is 4.98 Å². The van der Waals surface area contributed by atoms with Crippen molar-refractivity contribution < 1.29 is 0 Å². The van der Waals surface area contributed by atoms with Crippen molar-refractivity contribution in [2.24, 2.45) is 0 Å². The molecule has 0 amide bonds. The summed E-state index contributed by atoms with van der Waals surface area (Å²) in [4.78, 5) is 26.5. The lowest BCUT2D eigenvalue weighted by Gasteiger charge is -2.35. The normalized spacial score (nSPS) is 15.7. The highest BCUT2D eigenvalue weighted by Crippen LogP contribution is 2.25. The maximum absolute atomic E-state index is 12.4. The molecule has 2 aromatic rings. The Morgan fingerprint density at radius 1 is 1.32 bits per heavy atom. The summed E-state index contributed by atoms with van der Waals surface area (Å²) in [5, 5.41) is 4.87. The third-order valence-electron chi connectivity index (χ3n) is 4.65. The number of aryl methyl sites for hydroxylation is 2. The summed E-state index contributed by atoms with van der Waals surface area (Å²) in [5.41, 5.74) is 1.02. The molecule has 3 heterocycles. The molecule has 2 N–H and O–H groups in total. The van der Waals surface area contributed by atoms with Gasteiger partial charge in [-0.3, -0.25) is 9.69 Å². The van der Waals surface area contributed by atoms with Gasteiger partial charge in [0.1, 0.15) is 10.7 Å². The molecule has 0 atom stereocenters. The molecule has 0 unspecified atom stereocenters. The molecule has 0 spiro atoms. The zero-order chi connectivity index (χ0) is 18.0. The van der Waals surface area contributed by atoms with Crippen molar-refractivity contribution in [2.75, 3.05) is 32.7 Å². The van der Waals surface area contributed by atoms with Gasteiger partial charge in [-0.15, -0.1) is 11.3 Å². The Morgan fingerprint density at radius 3 is 2.72 bits per heavy atom. The number of fused-ring (bicyclic) bond motifs is 1. The predicted octanol–water partition coefficient (Wildman–Crippen LogP) is 2.00. The molecule has 0 saturated carbocycles. The molecule has 1 aliphatic heterocycles. The number of aromatic amines is 1. The van der Waals surface area contributed by atoms with E-state index >= 15 is 0 Å². The van der Waals surface area contributed by atoms with Gasteiger partial charge in [0.2, 0.25) is 0 Å². The largest absolute Gasteiger partial charge is 0.363 e. The topological polar surface area (TPSA) is 64.3 Å². The predicted molar refractivity (Wildman–Crippen MR) is 107 cm³/mol. The fourth-order valence-electron chi connectivity index (χ4n) is 3.04. The molecule has 3 rings (SSSR count). The molecular weight excluding hydrogens is 354 g/mol.